The maximum Gasteiger partial charge on any atom is 0.118 e. The summed E-state index contributed by atoms with van der Waals surface area (Å²) in [7, 11) is 1.71. The molecule has 0 aromatic heterocycles. The highest BCUT2D eigenvalue weighted by molar-refractivity contribution is 5.27. The fraction of sp³-hybridized carbons (Fsp3) is 0.524. The number of methoxy groups -OCH3 is 1. The Morgan fingerprint density at radius 1 is 1.21 bits per heavy atom. The molecule has 1 saturated heterocycles. The van der Waals surface area contributed by atoms with Gasteiger partial charge in [0.2, 0.25) is 0 Å². The van der Waals surface area contributed by atoms with E-state index in [0.717, 1.165) is 18.8 Å². The molecular formula is C21H30N2O. The Balaban J connectivity index is 1.53. The Bertz CT molecular complexity index is 576. The standard InChI is InChI=1S/C21H30N2O/c1-3-21-20(22-15-17-9-11-19(24-2)12-10-17)13-14-23(21)16-18-7-5-4-6-8-18/h5,7-12,20-22H,3-4,6,13-16H2,1-2H3. The van der Waals surface area contributed by atoms with E-state index in [1.807, 2.05) is 12.1 Å². The zero-order valence-electron chi connectivity index (χ0n) is 15.0. The first kappa shape index (κ1) is 17.2. The topological polar surface area (TPSA) is 24.5 Å². The van der Waals surface area contributed by atoms with Gasteiger partial charge >= 0.3 is 0 Å². The van der Waals surface area contributed by atoms with Crippen molar-refractivity contribution in [3.05, 3.63) is 53.6 Å². The summed E-state index contributed by atoms with van der Waals surface area (Å²) in [5, 5.41) is 3.78. The molecule has 0 radical (unpaired) electrons. The molecule has 1 fully saturated rings. The molecule has 2 atom stereocenters. The number of benzene rings is 1. The Labute approximate surface area is 146 Å². The highest BCUT2D eigenvalue weighted by Gasteiger charge is 2.32. The van der Waals surface area contributed by atoms with E-state index in [1.54, 1.807) is 7.11 Å². The Morgan fingerprint density at radius 3 is 2.71 bits per heavy atom. The smallest absolute Gasteiger partial charge is 0.118 e. The van der Waals surface area contributed by atoms with Crippen molar-refractivity contribution in [2.75, 3.05) is 20.2 Å². The second-order valence-corrected chi connectivity index (χ2v) is 6.83. The summed E-state index contributed by atoms with van der Waals surface area (Å²) in [4.78, 5) is 2.66. The van der Waals surface area contributed by atoms with Crippen molar-refractivity contribution >= 4 is 0 Å². The summed E-state index contributed by atoms with van der Waals surface area (Å²) < 4.78 is 5.23. The molecule has 1 aromatic carbocycles. The Kier molecular flexibility index (Phi) is 6.11. The molecule has 24 heavy (non-hydrogen) atoms. The molecule has 1 N–H and O–H groups in total. The first-order valence-corrected chi connectivity index (χ1v) is 9.26. The van der Waals surface area contributed by atoms with E-state index in [1.165, 1.54) is 43.4 Å². The minimum Gasteiger partial charge on any atom is -0.497 e. The van der Waals surface area contributed by atoms with Crippen LogP contribution in [-0.2, 0) is 6.54 Å². The van der Waals surface area contributed by atoms with E-state index < -0.39 is 0 Å². The lowest BCUT2D eigenvalue weighted by atomic mass is 10.0. The van der Waals surface area contributed by atoms with Gasteiger partial charge in [-0.1, -0.05) is 37.3 Å². The van der Waals surface area contributed by atoms with Crippen LogP contribution in [-0.4, -0.2) is 37.2 Å². The van der Waals surface area contributed by atoms with Crippen LogP contribution in [0, 0.1) is 0 Å². The van der Waals surface area contributed by atoms with E-state index in [0.29, 0.717) is 12.1 Å². The molecule has 3 rings (SSSR count). The van der Waals surface area contributed by atoms with Gasteiger partial charge in [-0.25, -0.2) is 0 Å². The molecule has 0 amide bonds. The molecular weight excluding hydrogens is 296 g/mol. The second-order valence-electron chi connectivity index (χ2n) is 6.83. The van der Waals surface area contributed by atoms with Gasteiger partial charge in [0.1, 0.15) is 5.75 Å². The summed E-state index contributed by atoms with van der Waals surface area (Å²) in [6.07, 6.45) is 11.9. The summed E-state index contributed by atoms with van der Waals surface area (Å²) in [5.74, 6) is 0.922. The SMILES string of the molecule is CCC1C(NCc2ccc(OC)cc2)CCN1CC1=CCCC=C1. The number of hydrogen-bond donors (Lipinski definition) is 1. The summed E-state index contributed by atoms with van der Waals surface area (Å²) in [6, 6.07) is 9.60. The zero-order chi connectivity index (χ0) is 16.8. The molecule has 130 valence electrons. The van der Waals surface area contributed by atoms with Gasteiger partial charge in [0.15, 0.2) is 0 Å². The molecule has 2 aliphatic rings. The largest absolute Gasteiger partial charge is 0.497 e. The van der Waals surface area contributed by atoms with Gasteiger partial charge in [-0.05, 0) is 49.0 Å². The minimum absolute atomic E-state index is 0.588. The van der Waals surface area contributed by atoms with Crippen molar-refractivity contribution in [3.63, 3.8) is 0 Å². The normalized spacial score (nSPS) is 24.2. The Hall–Kier alpha value is -1.58. The molecule has 0 bridgehead atoms. The van der Waals surface area contributed by atoms with Crippen LogP contribution in [0.3, 0.4) is 0 Å². The lowest BCUT2D eigenvalue weighted by molar-refractivity contribution is 0.246. The molecule has 1 aliphatic heterocycles. The van der Waals surface area contributed by atoms with Crippen LogP contribution in [0.1, 0.15) is 38.2 Å². The van der Waals surface area contributed by atoms with Crippen molar-refractivity contribution < 1.29 is 4.74 Å². The highest BCUT2D eigenvalue weighted by atomic mass is 16.5. The van der Waals surface area contributed by atoms with Gasteiger partial charge in [-0.2, -0.15) is 0 Å². The average Bonchev–Trinajstić information content (AvgIpc) is 3.02. The molecule has 0 spiro atoms. The van der Waals surface area contributed by atoms with E-state index in [2.05, 4.69) is 47.5 Å². The second kappa shape index (κ2) is 8.50. The third-order valence-electron chi connectivity index (χ3n) is 5.26. The minimum atomic E-state index is 0.588. The highest BCUT2D eigenvalue weighted by Crippen LogP contribution is 2.24. The van der Waals surface area contributed by atoms with Gasteiger partial charge in [0.05, 0.1) is 7.11 Å². The summed E-state index contributed by atoms with van der Waals surface area (Å²) in [6.45, 7) is 5.55. The lowest BCUT2D eigenvalue weighted by Gasteiger charge is -2.28. The molecule has 3 heteroatoms. The maximum atomic E-state index is 5.23. The van der Waals surface area contributed by atoms with Crippen molar-refractivity contribution in [1.29, 1.82) is 0 Å². The van der Waals surface area contributed by atoms with Crippen LogP contribution in [0.4, 0.5) is 0 Å². The monoisotopic (exact) mass is 326 g/mol. The molecule has 0 saturated carbocycles. The van der Waals surface area contributed by atoms with Crippen LogP contribution < -0.4 is 10.1 Å². The fourth-order valence-electron chi connectivity index (χ4n) is 3.91. The third-order valence-corrected chi connectivity index (χ3v) is 5.26. The third kappa shape index (κ3) is 4.28. The van der Waals surface area contributed by atoms with E-state index in [-0.39, 0.29) is 0 Å². The van der Waals surface area contributed by atoms with Crippen LogP contribution >= 0.6 is 0 Å². The molecule has 2 unspecified atom stereocenters. The zero-order valence-corrected chi connectivity index (χ0v) is 15.0. The number of hydrogen-bond acceptors (Lipinski definition) is 3. The number of nitrogens with zero attached hydrogens (tertiary/aromatic N) is 1. The number of ether oxygens (including phenoxy) is 1. The predicted molar refractivity (Wildman–Crippen MR) is 100 cm³/mol. The maximum absolute atomic E-state index is 5.23. The van der Waals surface area contributed by atoms with Gasteiger partial charge in [-0.3, -0.25) is 4.90 Å². The molecule has 1 heterocycles. The van der Waals surface area contributed by atoms with E-state index in [4.69, 9.17) is 4.74 Å². The predicted octanol–water partition coefficient (Wildman–Crippen LogP) is 3.91. The number of rotatable bonds is 7. The van der Waals surface area contributed by atoms with Crippen molar-refractivity contribution in [2.24, 2.45) is 0 Å². The summed E-state index contributed by atoms with van der Waals surface area (Å²) >= 11 is 0. The lowest BCUT2D eigenvalue weighted by Crippen LogP contribution is -2.42. The van der Waals surface area contributed by atoms with Crippen LogP contribution in [0.2, 0.25) is 0 Å². The molecule has 3 nitrogen and oxygen atoms in total. The van der Waals surface area contributed by atoms with Gasteiger partial charge < -0.3 is 10.1 Å². The van der Waals surface area contributed by atoms with E-state index >= 15 is 0 Å². The quantitative estimate of drug-likeness (QED) is 0.822. The van der Waals surface area contributed by atoms with Crippen molar-refractivity contribution in [3.8, 4) is 5.75 Å². The average molecular weight is 326 g/mol. The van der Waals surface area contributed by atoms with Crippen LogP contribution in [0.25, 0.3) is 0 Å². The van der Waals surface area contributed by atoms with E-state index in [9.17, 15) is 0 Å². The van der Waals surface area contributed by atoms with Crippen LogP contribution in [0.15, 0.2) is 48.1 Å². The fourth-order valence-corrected chi connectivity index (χ4v) is 3.91. The molecule has 1 aromatic rings. The summed E-state index contributed by atoms with van der Waals surface area (Å²) in [5.41, 5.74) is 2.82. The molecule has 1 aliphatic carbocycles. The number of allylic oxidation sites excluding steroid dienone is 2. The Morgan fingerprint density at radius 2 is 2.04 bits per heavy atom. The van der Waals surface area contributed by atoms with Gasteiger partial charge in [0, 0.05) is 31.7 Å². The van der Waals surface area contributed by atoms with Crippen molar-refractivity contribution in [1.82, 2.24) is 10.2 Å². The van der Waals surface area contributed by atoms with Gasteiger partial charge in [-0.15, -0.1) is 0 Å². The van der Waals surface area contributed by atoms with Crippen LogP contribution in [0.5, 0.6) is 5.75 Å². The first-order chi connectivity index (χ1) is 11.8. The van der Waals surface area contributed by atoms with Gasteiger partial charge in [0.25, 0.3) is 0 Å². The number of nitrogens with one attached hydrogen (secondary N) is 1. The number of likely N-dealkylation sites (tertiary alicyclic amines) is 1. The first-order valence-electron chi connectivity index (χ1n) is 9.26. The van der Waals surface area contributed by atoms with Crippen molar-refractivity contribution in [2.45, 2.75) is 51.2 Å².